The van der Waals surface area contributed by atoms with Crippen LogP contribution in [-0.4, -0.2) is 6.88 Å². The molecule has 2 aliphatic rings. The molecule has 0 aliphatic heterocycles. The Hall–Kier alpha value is -3.32. The number of fused-ring (bicyclic) bond motifs is 2. The quantitative estimate of drug-likeness (QED) is 0.171. The molecule has 7 rings (SSSR count). The van der Waals surface area contributed by atoms with E-state index in [1.165, 1.54) is 55.7 Å². The third-order valence-corrected chi connectivity index (χ3v) is 33.7. The van der Waals surface area contributed by atoms with Gasteiger partial charge in [-0.2, -0.15) is 0 Å². The van der Waals surface area contributed by atoms with Crippen LogP contribution in [0.4, 0.5) is 0 Å². The standard InChI is InChI=1S/2C16H13.C6H5.CH3.H2Si.Zr/c2*1-12-10-14-8-5-9-15(16(14)11-12)13-6-3-2-4-7-13;1-2-4-6-5-3-1;;;/h2*2-11H,1H3;1-5H;1H3;1H2;. The average molecular weight is 624 g/mol. The van der Waals surface area contributed by atoms with Crippen molar-refractivity contribution in [2.75, 3.05) is 0 Å². The van der Waals surface area contributed by atoms with Gasteiger partial charge in [0, 0.05) is 0 Å². The second kappa shape index (κ2) is 9.90. The van der Waals surface area contributed by atoms with Crippen molar-refractivity contribution in [1.82, 2.24) is 0 Å². The Morgan fingerprint density at radius 1 is 0.488 bits per heavy atom. The van der Waals surface area contributed by atoms with Gasteiger partial charge < -0.3 is 0 Å². The second-order valence-corrected chi connectivity index (χ2v) is 38.9. The summed E-state index contributed by atoms with van der Waals surface area (Å²) >= 11 is -4.04. The maximum atomic E-state index is 2.76. The Kier molecular flexibility index (Phi) is 6.42. The average Bonchev–Trinajstić information content (AvgIpc) is 3.55. The zero-order valence-corrected chi connectivity index (χ0v) is 28.0. The molecule has 5 aromatic rings. The van der Waals surface area contributed by atoms with Crippen molar-refractivity contribution in [3.05, 3.63) is 161 Å². The van der Waals surface area contributed by atoms with Crippen LogP contribution in [0, 0.1) is 0 Å². The molecule has 41 heavy (non-hydrogen) atoms. The predicted octanol–water partition coefficient (Wildman–Crippen LogP) is 9.25. The fraction of sp³-hybridized carbons (Fsp3) is 0.128. The van der Waals surface area contributed by atoms with Crippen molar-refractivity contribution in [3.63, 3.8) is 0 Å². The van der Waals surface area contributed by atoms with Gasteiger partial charge in [-0.25, -0.2) is 0 Å². The Bertz CT molecular complexity index is 1800. The fourth-order valence-electron chi connectivity index (χ4n) is 8.39. The molecular weight excluding hydrogens is 588 g/mol. The summed E-state index contributed by atoms with van der Waals surface area (Å²) in [5.41, 5.74) is 14.2. The fourth-order valence-corrected chi connectivity index (χ4v) is 33.6. The van der Waals surface area contributed by atoms with Gasteiger partial charge in [0.15, 0.2) is 0 Å². The van der Waals surface area contributed by atoms with Crippen molar-refractivity contribution >= 4 is 22.3 Å². The molecule has 2 atom stereocenters. The first-order valence-corrected chi connectivity index (χ1v) is 27.2. The van der Waals surface area contributed by atoms with E-state index < -0.39 is 17.4 Å². The molecule has 0 aromatic heterocycles. The summed E-state index contributed by atoms with van der Waals surface area (Å²) in [5, 5.41) is 0. The third-order valence-electron chi connectivity index (χ3n) is 9.93. The van der Waals surface area contributed by atoms with Gasteiger partial charge in [-0.15, -0.1) is 0 Å². The van der Waals surface area contributed by atoms with Crippen LogP contribution >= 0.6 is 0 Å². The Labute approximate surface area is 247 Å². The molecule has 0 saturated heterocycles. The molecule has 2 heteroatoms. The molecule has 0 amide bonds. The summed E-state index contributed by atoms with van der Waals surface area (Å²) in [5.74, 6) is 0. The van der Waals surface area contributed by atoms with Crippen molar-refractivity contribution < 1.29 is 17.4 Å². The molecule has 0 bridgehead atoms. The van der Waals surface area contributed by atoms with E-state index in [2.05, 4.69) is 165 Å². The van der Waals surface area contributed by atoms with Gasteiger partial charge in [-0.3, -0.25) is 0 Å². The van der Waals surface area contributed by atoms with E-state index in [4.69, 9.17) is 0 Å². The number of benzene rings is 5. The summed E-state index contributed by atoms with van der Waals surface area (Å²) in [6.07, 6.45) is 5.04. The second-order valence-electron chi connectivity index (χ2n) is 12.6. The summed E-state index contributed by atoms with van der Waals surface area (Å²) in [6, 6.07) is 47.5. The summed E-state index contributed by atoms with van der Waals surface area (Å²) in [6.45, 7) is 7.24. The molecule has 0 nitrogen and oxygen atoms in total. The number of allylic oxidation sites excluding steroid dienone is 2. The van der Waals surface area contributed by atoms with Crippen molar-refractivity contribution in [1.29, 1.82) is 0 Å². The van der Waals surface area contributed by atoms with Gasteiger partial charge in [0.05, 0.1) is 0 Å². The van der Waals surface area contributed by atoms with Gasteiger partial charge >= 0.3 is 248 Å². The topological polar surface area (TPSA) is 0 Å². The predicted molar refractivity (Wildman–Crippen MR) is 177 cm³/mol. The Morgan fingerprint density at radius 3 is 1.29 bits per heavy atom. The first-order chi connectivity index (χ1) is 19.9. The minimum absolute atomic E-state index is 0.426. The molecule has 0 saturated carbocycles. The Balaban J connectivity index is 1.49. The minimum atomic E-state index is -4.04. The van der Waals surface area contributed by atoms with Crippen molar-refractivity contribution in [3.8, 4) is 22.3 Å². The molecule has 200 valence electrons. The normalized spacial score (nSPS) is 18.0. The molecular formula is C39H36SiZr. The zero-order chi connectivity index (χ0) is 28.2. The van der Waals surface area contributed by atoms with E-state index in [1.54, 1.807) is 3.27 Å². The monoisotopic (exact) mass is 622 g/mol. The van der Waals surface area contributed by atoms with Crippen LogP contribution in [0.1, 0.15) is 43.4 Å². The van der Waals surface area contributed by atoms with E-state index in [1.807, 2.05) is 0 Å². The Morgan fingerprint density at radius 2 is 0.878 bits per heavy atom. The molecule has 0 radical (unpaired) electrons. The number of hydrogen-bond acceptors (Lipinski definition) is 0. The summed E-state index contributed by atoms with van der Waals surface area (Å²) in [7, 11) is 0. The third kappa shape index (κ3) is 4.03. The van der Waals surface area contributed by atoms with Crippen LogP contribution in [0.5, 0.6) is 0 Å². The van der Waals surface area contributed by atoms with Gasteiger partial charge in [0.2, 0.25) is 0 Å². The molecule has 0 N–H and O–H groups in total. The summed E-state index contributed by atoms with van der Waals surface area (Å²) < 4.78 is 5.21. The van der Waals surface area contributed by atoms with Crippen molar-refractivity contribution in [2.24, 2.45) is 0 Å². The summed E-state index contributed by atoms with van der Waals surface area (Å²) in [4.78, 5) is 0. The van der Waals surface area contributed by atoms with E-state index in [0.29, 0.717) is 7.25 Å². The van der Waals surface area contributed by atoms with Crippen LogP contribution in [0.15, 0.2) is 139 Å². The van der Waals surface area contributed by atoms with Crippen LogP contribution in [-0.2, 0) is 17.4 Å². The van der Waals surface area contributed by atoms with Crippen LogP contribution in [0.3, 0.4) is 0 Å². The molecule has 5 aromatic carbocycles. The van der Waals surface area contributed by atoms with E-state index in [9.17, 15) is 0 Å². The van der Waals surface area contributed by atoms with Gasteiger partial charge in [0.1, 0.15) is 0 Å². The van der Waals surface area contributed by atoms with Crippen LogP contribution in [0.25, 0.3) is 34.4 Å². The van der Waals surface area contributed by atoms with Gasteiger partial charge in [0.25, 0.3) is 0 Å². The molecule has 0 spiro atoms. The van der Waals surface area contributed by atoms with Gasteiger partial charge in [-0.05, 0) is 0 Å². The first-order valence-electron chi connectivity index (χ1n) is 14.7. The first kappa shape index (κ1) is 26.6. The number of hydrogen-bond donors (Lipinski definition) is 0. The molecule has 0 heterocycles. The SMILES string of the molecule is CC1=Cc2c(-c3ccccc3)cccc2[CH]1[Zr]([CH3])(=[SiH2])([c]1ccccc1)[CH]1C(C)=Cc2c(-c3ccccc3)cccc21. The van der Waals surface area contributed by atoms with E-state index in [-0.39, 0.29) is 0 Å². The molecule has 2 aliphatic carbocycles. The zero-order valence-electron chi connectivity index (χ0n) is 24.1. The van der Waals surface area contributed by atoms with Crippen molar-refractivity contribution in [2.45, 2.75) is 25.7 Å². The van der Waals surface area contributed by atoms with Gasteiger partial charge in [-0.1, -0.05) is 0 Å². The molecule has 0 fully saturated rings. The molecule has 2 unspecified atom stereocenters. The van der Waals surface area contributed by atoms with E-state index in [0.717, 1.165) is 0 Å². The van der Waals surface area contributed by atoms with Crippen LogP contribution in [0.2, 0.25) is 4.63 Å². The number of rotatable bonds is 5. The van der Waals surface area contributed by atoms with Crippen LogP contribution < -0.4 is 3.27 Å². The maximum absolute atomic E-state index is 4.04. The van der Waals surface area contributed by atoms with E-state index >= 15 is 0 Å².